The van der Waals surface area contributed by atoms with Gasteiger partial charge < -0.3 is 15.0 Å². The Morgan fingerprint density at radius 1 is 1.28 bits per heavy atom. The fourth-order valence-electron chi connectivity index (χ4n) is 2.40. The molecule has 0 saturated carbocycles. The number of methoxy groups -OCH3 is 1. The van der Waals surface area contributed by atoms with E-state index < -0.39 is 0 Å². The number of aryl methyl sites for hydroxylation is 2. The first-order valence-electron chi connectivity index (χ1n) is 6.67. The average Bonchev–Trinajstić information content (AvgIpc) is 2.27. The summed E-state index contributed by atoms with van der Waals surface area (Å²) >= 11 is 0. The summed E-state index contributed by atoms with van der Waals surface area (Å²) in [7, 11) is 3.95. The fourth-order valence-corrected chi connectivity index (χ4v) is 2.40. The molecule has 0 spiro atoms. The predicted molar refractivity (Wildman–Crippen MR) is 75.5 cm³/mol. The molecule has 1 fully saturated rings. The number of likely N-dealkylation sites (N-methyl/N-ethyl adjacent to an activating group) is 1. The molecule has 0 aromatic heterocycles. The summed E-state index contributed by atoms with van der Waals surface area (Å²) in [6, 6.07) is 5.14. The Morgan fingerprint density at radius 2 is 2.00 bits per heavy atom. The second-order valence-electron chi connectivity index (χ2n) is 5.29. The van der Waals surface area contributed by atoms with Gasteiger partial charge in [-0.1, -0.05) is 6.07 Å². The quantitative estimate of drug-likeness (QED) is 0.859. The third-order valence-corrected chi connectivity index (χ3v) is 3.97. The minimum Gasteiger partial charge on any atom is -0.496 e. The number of hydrogen-bond donors (Lipinski definition) is 1. The molecule has 0 atom stereocenters. The Hall–Kier alpha value is -1.06. The largest absolute Gasteiger partial charge is 0.496 e. The van der Waals surface area contributed by atoms with E-state index in [2.05, 4.69) is 43.2 Å². The molecule has 0 radical (unpaired) electrons. The highest BCUT2D eigenvalue weighted by atomic mass is 16.5. The number of hydrogen-bond acceptors (Lipinski definition) is 3. The van der Waals surface area contributed by atoms with E-state index >= 15 is 0 Å². The highest BCUT2D eigenvalue weighted by molar-refractivity contribution is 5.41. The molecule has 100 valence electrons. The van der Waals surface area contributed by atoms with Crippen molar-refractivity contribution in [1.29, 1.82) is 0 Å². The molecule has 0 bridgehead atoms. The molecule has 0 unspecified atom stereocenters. The predicted octanol–water partition coefficient (Wildman–Crippen LogP) is 1.76. The monoisotopic (exact) mass is 248 g/mol. The lowest BCUT2D eigenvalue weighted by Gasteiger charge is -2.35. The van der Waals surface area contributed by atoms with Gasteiger partial charge in [-0.2, -0.15) is 0 Å². The Bertz CT molecular complexity index is 413. The van der Waals surface area contributed by atoms with Crippen LogP contribution in [0.25, 0.3) is 0 Å². The number of benzene rings is 1. The second-order valence-corrected chi connectivity index (χ2v) is 5.29. The van der Waals surface area contributed by atoms with Crippen molar-refractivity contribution >= 4 is 0 Å². The van der Waals surface area contributed by atoms with Gasteiger partial charge in [-0.3, -0.25) is 0 Å². The lowest BCUT2D eigenvalue weighted by Crippen LogP contribution is -2.56. The van der Waals surface area contributed by atoms with Gasteiger partial charge in [-0.25, -0.2) is 0 Å². The van der Waals surface area contributed by atoms with Gasteiger partial charge in [0.05, 0.1) is 7.11 Å². The maximum absolute atomic E-state index is 5.35. The van der Waals surface area contributed by atoms with Gasteiger partial charge in [0.25, 0.3) is 0 Å². The molecule has 2 rings (SSSR count). The maximum Gasteiger partial charge on any atom is 0.122 e. The van der Waals surface area contributed by atoms with Gasteiger partial charge in [-0.15, -0.1) is 0 Å². The molecular formula is C15H24N2O. The Morgan fingerprint density at radius 3 is 2.56 bits per heavy atom. The van der Waals surface area contributed by atoms with E-state index in [1.54, 1.807) is 7.11 Å². The van der Waals surface area contributed by atoms with Crippen LogP contribution in [0.5, 0.6) is 5.75 Å². The second kappa shape index (κ2) is 5.72. The number of nitrogens with one attached hydrogen (secondary N) is 1. The van der Waals surface area contributed by atoms with E-state index in [9.17, 15) is 0 Å². The van der Waals surface area contributed by atoms with Crippen LogP contribution in [0.1, 0.15) is 16.7 Å². The standard InChI is InChI=1S/C15H24N2O/c1-11-8-15(18-4)12(2)7-13(11)5-6-17(3)14-9-16-10-14/h7-8,14,16H,5-6,9-10H2,1-4H3. The van der Waals surface area contributed by atoms with E-state index in [4.69, 9.17) is 4.74 Å². The van der Waals surface area contributed by atoms with Crippen LogP contribution in [0.4, 0.5) is 0 Å². The smallest absolute Gasteiger partial charge is 0.122 e. The van der Waals surface area contributed by atoms with Crippen molar-refractivity contribution in [2.24, 2.45) is 0 Å². The van der Waals surface area contributed by atoms with Crippen molar-refractivity contribution < 1.29 is 4.74 Å². The highest BCUT2D eigenvalue weighted by Gasteiger charge is 2.20. The molecule has 1 aromatic carbocycles. The molecule has 1 aliphatic heterocycles. The molecule has 3 nitrogen and oxygen atoms in total. The molecule has 18 heavy (non-hydrogen) atoms. The summed E-state index contributed by atoms with van der Waals surface area (Å²) in [5, 5.41) is 3.32. The molecule has 0 aliphatic carbocycles. The van der Waals surface area contributed by atoms with Gasteiger partial charge in [-0.05, 0) is 50.1 Å². The molecule has 1 N–H and O–H groups in total. The Balaban J connectivity index is 1.98. The summed E-state index contributed by atoms with van der Waals surface area (Å²) in [6.45, 7) is 7.68. The molecule has 1 saturated heterocycles. The van der Waals surface area contributed by atoms with Crippen LogP contribution in [0.2, 0.25) is 0 Å². The first-order valence-corrected chi connectivity index (χ1v) is 6.67. The minimum absolute atomic E-state index is 0.727. The molecule has 1 aromatic rings. The molecule has 1 heterocycles. The van der Waals surface area contributed by atoms with Crippen LogP contribution in [-0.4, -0.2) is 44.7 Å². The van der Waals surface area contributed by atoms with Crippen molar-refractivity contribution in [3.05, 3.63) is 28.8 Å². The summed E-state index contributed by atoms with van der Waals surface area (Å²) in [5.74, 6) is 0.993. The van der Waals surface area contributed by atoms with E-state index in [1.807, 2.05) is 0 Å². The summed E-state index contributed by atoms with van der Waals surface area (Å²) < 4.78 is 5.35. The molecule has 3 heteroatoms. The van der Waals surface area contributed by atoms with Gasteiger partial charge >= 0.3 is 0 Å². The third kappa shape index (κ3) is 2.85. The SMILES string of the molecule is COc1cc(C)c(CCN(C)C2CNC2)cc1C. The summed E-state index contributed by atoms with van der Waals surface area (Å²) in [5.41, 5.74) is 4.00. The highest BCUT2D eigenvalue weighted by Crippen LogP contribution is 2.23. The van der Waals surface area contributed by atoms with Crippen molar-refractivity contribution in [1.82, 2.24) is 10.2 Å². The van der Waals surface area contributed by atoms with Crippen molar-refractivity contribution in [3.63, 3.8) is 0 Å². The van der Waals surface area contributed by atoms with Crippen LogP contribution < -0.4 is 10.1 Å². The lowest BCUT2D eigenvalue weighted by atomic mass is 10.0. The van der Waals surface area contributed by atoms with Gasteiger partial charge in [0.2, 0.25) is 0 Å². The summed E-state index contributed by atoms with van der Waals surface area (Å²) in [4.78, 5) is 2.45. The van der Waals surface area contributed by atoms with Gasteiger partial charge in [0.1, 0.15) is 5.75 Å². The van der Waals surface area contributed by atoms with Crippen molar-refractivity contribution in [2.75, 3.05) is 33.8 Å². The average molecular weight is 248 g/mol. The Kier molecular flexibility index (Phi) is 4.25. The first-order chi connectivity index (χ1) is 8.61. The van der Waals surface area contributed by atoms with Gasteiger partial charge in [0, 0.05) is 25.7 Å². The zero-order valence-electron chi connectivity index (χ0n) is 11.9. The zero-order valence-corrected chi connectivity index (χ0v) is 11.9. The van der Waals surface area contributed by atoms with Crippen LogP contribution in [0.15, 0.2) is 12.1 Å². The van der Waals surface area contributed by atoms with E-state index in [-0.39, 0.29) is 0 Å². The van der Waals surface area contributed by atoms with E-state index in [0.29, 0.717) is 0 Å². The number of nitrogens with zero attached hydrogens (tertiary/aromatic N) is 1. The normalized spacial score (nSPS) is 15.8. The maximum atomic E-state index is 5.35. The first kappa shape index (κ1) is 13.4. The molecule has 0 amide bonds. The molecular weight excluding hydrogens is 224 g/mol. The van der Waals surface area contributed by atoms with E-state index in [1.165, 1.54) is 16.7 Å². The zero-order chi connectivity index (χ0) is 13.1. The molecule has 1 aliphatic rings. The lowest BCUT2D eigenvalue weighted by molar-refractivity contribution is 0.182. The number of ether oxygens (including phenoxy) is 1. The number of rotatable bonds is 5. The Labute approximate surface area is 110 Å². The minimum atomic E-state index is 0.727. The topological polar surface area (TPSA) is 24.5 Å². The van der Waals surface area contributed by atoms with Gasteiger partial charge in [0.15, 0.2) is 0 Å². The van der Waals surface area contributed by atoms with Crippen LogP contribution in [0.3, 0.4) is 0 Å². The fraction of sp³-hybridized carbons (Fsp3) is 0.600. The van der Waals surface area contributed by atoms with Crippen molar-refractivity contribution in [2.45, 2.75) is 26.3 Å². The van der Waals surface area contributed by atoms with Crippen LogP contribution in [0, 0.1) is 13.8 Å². The van der Waals surface area contributed by atoms with Crippen LogP contribution in [-0.2, 0) is 6.42 Å². The summed E-state index contributed by atoms with van der Waals surface area (Å²) in [6.07, 6.45) is 1.11. The van der Waals surface area contributed by atoms with Crippen LogP contribution >= 0.6 is 0 Å². The van der Waals surface area contributed by atoms with E-state index in [0.717, 1.165) is 37.8 Å². The third-order valence-electron chi connectivity index (χ3n) is 3.97. The van der Waals surface area contributed by atoms with Crippen molar-refractivity contribution in [3.8, 4) is 5.75 Å².